The van der Waals surface area contributed by atoms with E-state index in [0.717, 1.165) is 11.8 Å². The summed E-state index contributed by atoms with van der Waals surface area (Å²) in [4.78, 5) is 4.20. The van der Waals surface area contributed by atoms with E-state index in [1.165, 1.54) is 25.3 Å². The van der Waals surface area contributed by atoms with E-state index in [0.29, 0.717) is 22.3 Å². The Bertz CT molecular complexity index is 1040. The van der Waals surface area contributed by atoms with Gasteiger partial charge in [-0.1, -0.05) is 25.1 Å². The predicted octanol–water partition coefficient (Wildman–Crippen LogP) is 5.58. The van der Waals surface area contributed by atoms with Crippen LogP contribution in [0, 0.1) is 5.82 Å². The standard InChI is InChI=1S/C22H22F4N2O2S/c1-3-31-13-21(29,22(24,25)26)20(15-7-4-11-18(30-2)19(15)23)28-17-10-5-9-16-14(17)8-6-12-27-16/h4-12,20,28-29H,3,13H2,1-2H3. The topological polar surface area (TPSA) is 54.4 Å². The molecule has 1 aromatic heterocycles. The first-order chi connectivity index (χ1) is 14.7. The molecule has 0 saturated carbocycles. The number of aliphatic hydroxyl groups is 1. The molecule has 0 aliphatic heterocycles. The van der Waals surface area contributed by atoms with Crippen LogP contribution in [0.5, 0.6) is 5.75 Å². The van der Waals surface area contributed by atoms with E-state index in [9.17, 15) is 18.3 Å². The quantitative estimate of drug-likeness (QED) is 0.435. The van der Waals surface area contributed by atoms with Crippen LogP contribution < -0.4 is 10.1 Å². The molecule has 0 radical (unpaired) electrons. The van der Waals surface area contributed by atoms with E-state index in [1.54, 1.807) is 43.5 Å². The number of benzene rings is 2. The number of nitrogens with zero attached hydrogens (tertiary/aromatic N) is 1. The van der Waals surface area contributed by atoms with Crippen molar-refractivity contribution in [3.05, 3.63) is 66.1 Å². The second-order valence-corrected chi connectivity index (χ2v) is 8.15. The highest BCUT2D eigenvalue weighted by Crippen LogP contribution is 2.45. The van der Waals surface area contributed by atoms with Gasteiger partial charge < -0.3 is 15.2 Å². The number of hydrogen-bond donors (Lipinski definition) is 2. The minimum atomic E-state index is -5.04. The number of ether oxygens (including phenoxy) is 1. The minimum Gasteiger partial charge on any atom is -0.494 e. The molecule has 1 heterocycles. The van der Waals surface area contributed by atoms with Gasteiger partial charge in [-0.3, -0.25) is 4.98 Å². The number of thioether (sulfide) groups is 1. The Morgan fingerprint density at radius 1 is 1.13 bits per heavy atom. The molecule has 166 valence electrons. The number of anilines is 1. The Labute approximate surface area is 181 Å². The molecule has 0 bridgehead atoms. The van der Waals surface area contributed by atoms with Crippen LogP contribution in [0.15, 0.2) is 54.7 Å². The van der Waals surface area contributed by atoms with Gasteiger partial charge >= 0.3 is 6.18 Å². The molecule has 4 nitrogen and oxygen atoms in total. The van der Waals surface area contributed by atoms with Gasteiger partial charge in [-0.2, -0.15) is 24.9 Å². The fourth-order valence-electron chi connectivity index (χ4n) is 3.33. The third-order valence-electron chi connectivity index (χ3n) is 4.96. The van der Waals surface area contributed by atoms with E-state index in [1.807, 2.05) is 0 Å². The maximum absolute atomic E-state index is 15.1. The Balaban J connectivity index is 2.21. The fraction of sp³-hybridized carbons (Fsp3) is 0.318. The zero-order valence-corrected chi connectivity index (χ0v) is 17.7. The van der Waals surface area contributed by atoms with E-state index in [2.05, 4.69) is 10.3 Å². The fourth-order valence-corrected chi connectivity index (χ4v) is 4.18. The molecule has 0 fully saturated rings. The van der Waals surface area contributed by atoms with Gasteiger partial charge in [0.05, 0.1) is 18.7 Å². The average Bonchev–Trinajstić information content (AvgIpc) is 2.75. The smallest absolute Gasteiger partial charge is 0.420 e. The molecular formula is C22H22F4N2O2S. The molecule has 9 heteroatoms. The van der Waals surface area contributed by atoms with Crippen molar-refractivity contribution in [1.29, 1.82) is 0 Å². The maximum atomic E-state index is 15.1. The molecular weight excluding hydrogens is 432 g/mol. The normalized spacial score (nSPS) is 14.8. The van der Waals surface area contributed by atoms with Crippen LogP contribution in [0.3, 0.4) is 0 Å². The first kappa shape index (κ1) is 23.1. The third kappa shape index (κ3) is 4.57. The molecule has 3 aromatic rings. The van der Waals surface area contributed by atoms with Gasteiger partial charge in [0.15, 0.2) is 17.2 Å². The van der Waals surface area contributed by atoms with Crippen LogP contribution in [-0.4, -0.2) is 40.5 Å². The Hall–Kier alpha value is -2.52. The Kier molecular flexibility index (Phi) is 6.96. The average molecular weight is 454 g/mol. The van der Waals surface area contributed by atoms with Gasteiger partial charge in [0.25, 0.3) is 0 Å². The summed E-state index contributed by atoms with van der Waals surface area (Å²) < 4.78 is 62.7. The summed E-state index contributed by atoms with van der Waals surface area (Å²) in [6.07, 6.45) is -3.47. The lowest BCUT2D eigenvalue weighted by Crippen LogP contribution is -2.55. The number of nitrogens with one attached hydrogen (secondary N) is 1. The van der Waals surface area contributed by atoms with Crippen molar-refractivity contribution in [2.75, 3.05) is 23.9 Å². The van der Waals surface area contributed by atoms with Crippen molar-refractivity contribution in [3.8, 4) is 5.75 Å². The molecule has 0 amide bonds. The summed E-state index contributed by atoms with van der Waals surface area (Å²) in [5, 5.41) is 14.3. The van der Waals surface area contributed by atoms with Crippen molar-refractivity contribution in [2.45, 2.75) is 24.7 Å². The highest BCUT2D eigenvalue weighted by atomic mass is 32.2. The van der Waals surface area contributed by atoms with Crippen LogP contribution in [-0.2, 0) is 0 Å². The third-order valence-corrected chi connectivity index (χ3v) is 6.02. The van der Waals surface area contributed by atoms with Crippen molar-refractivity contribution in [1.82, 2.24) is 4.98 Å². The minimum absolute atomic E-state index is 0.212. The highest BCUT2D eigenvalue weighted by Gasteiger charge is 2.59. The number of halogens is 4. The number of pyridine rings is 1. The SMILES string of the molecule is CCSCC(O)(C(Nc1cccc2ncccc12)c1cccc(OC)c1F)C(F)(F)F. The number of rotatable bonds is 8. The lowest BCUT2D eigenvalue weighted by atomic mass is 9.88. The number of hydrogen-bond acceptors (Lipinski definition) is 5. The van der Waals surface area contributed by atoms with E-state index < -0.39 is 29.4 Å². The van der Waals surface area contributed by atoms with Gasteiger partial charge in [0.2, 0.25) is 0 Å². The molecule has 2 N–H and O–H groups in total. The molecule has 31 heavy (non-hydrogen) atoms. The second-order valence-electron chi connectivity index (χ2n) is 6.88. The Morgan fingerprint density at radius 2 is 1.87 bits per heavy atom. The zero-order chi connectivity index (χ0) is 22.6. The number of alkyl halides is 3. The largest absolute Gasteiger partial charge is 0.494 e. The Morgan fingerprint density at radius 3 is 2.55 bits per heavy atom. The lowest BCUT2D eigenvalue weighted by Gasteiger charge is -2.39. The van der Waals surface area contributed by atoms with E-state index >= 15 is 4.39 Å². The first-order valence-electron chi connectivity index (χ1n) is 9.52. The van der Waals surface area contributed by atoms with Gasteiger partial charge in [0, 0.05) is 28.6 Å². The van der Waals surface area contributed by atoms with Crippen LogP contribution in [0.2, 0.25) is 0 Å². The number of aromatic nitrogens is 1. The van der Waals surface area contributed by atoms with Crippen LogP contribution in [0.1, 0.15) is 18.5 Å². The molecule has 2 aromatic carbocycles. The summed E-state index contributed by atoms with van der Waals surface area (Å²) in [5.41, 5.74) is -2.76. The van der Waals surface area contributed by atoms with Crippen molar-refractivity contribution in [2.24, 2.45) is 0 Å². The van der Waals surface area contributed by atoms with E-state index in [-0.39, 0.29) is 11.3 Å². The zero-order valence-electron chi connectivity index (χ0n) is 16.9. The predicted molar refractivity (Wildman–Crippen MR) is 115 cm³/mol. The van der Waals surface area contributed by atoms with Gasteiger partial charge in [-0.25, -0.2) is 4.39 Å². The summed E-state index contributed by atoms with van der Waals surface area (Å²) in [5.74, 6) is -1.50. The summed E-state index contributed by atoms with van der Waals surface area (Å²) in [6, 6.07) is 10.3. The molecule has 3 rings (SSSR count). The summed E-state index contributed by atoms with van der Waals surface area (Å²) in [6.45, 7) is 1.69. The lowest BCUT2D eigenvalue weighted by molar-refractivity contribution is -0.256. The molecule has 2 unspecified atom stereocenters. The van der Waals surface area contributed by atoms with Crippen molar-refractivity contribution >= 4 is 28.4 Å². The second kappa shape index (κ2) is 9.32. The van der Waals surface area contributed by atoms with Crippen LogP contribution >= 0.6 is 11.8 Å². The van der Waals surface area contributed by atoms with Gasteiger partial charge in [-0.15, -0.1) is 0 Å². The van der Waals surface area contributed by atoms with E-state index in [4.69, 9.17) is 4.74 Å². The first-order valence-corrected chi connectivity index (χ1v) is 10.7. The highest BCUT2D eigenvalue weighted by molar-refractivity contribution is 7.99. The summed E-state index contributed by atoms with van der Waals surface area (Å²) in [7, 11) is 1.23. The van der Waals surface area contributed by atoms with Crippen molar-refractivity contribution < 1.29 is 27.4 Å². The van der Waals surface area contributed by atoms with Crippen molar-refractivity contribution in [3.63, 3.8) is 0 Å². The number of methoxy groups -OCH3 is 1. The molecule has 0 aliphatic carbocycles. The monoisotopic (exact) mass is 454 g/mol. The molecule has 0 aliphatic rings. The number of fused-ring (bicyclic) bond motifs is 1. The van der Waals surface area contributed by atoms with Crippen LogP contribution in [0.4, 0.5) is 23.2 Å². The van der Waals surface area contributed by atoms with Gasteiger partial charge in [0.1, 0.15) is 0 Å². The van der Waals surface area contributed by atoms with Gasteiger partial charge in [-0.05, 0) is 36.1 Å². The molecule has 2 atom stereocenters. The summed E-state index contributed by atoms with van der Waals surface area (Å²) >= 11 is 0.919. The van der Waals surface area contributed by atoms with Crippen LogP contribution in [0.25, 0.3) is 10.9 Å². The molecule has 0 spiro atoms. The maximum Gasteiger partial charge on any atom is 0.420 e. The molecule has 0 saturated heterocycles.